The van der Waals surface area contributed by atoms with Gasteiger partial charge in [0.15, 0.2) is 0 Å². The summed E-state index contributed by atoms with van der Waals surface area (Å²) in [5.74, 6) is 0. The second-order valence-electron chi connectivity index (χ2n) is 17.9. The Morgan fingerprint density at radius 3 is 1.45 bits per heavy atom. The lowest BCUT2D eigenvalue weighted by atomic mass is 9.70. The van der Waals surface area contributed by atoms with Crippen LogP contribution in [0.4, 0.5) is 0 Å². The highest BCUT2D eigenvalue weighted by Gasteiger charge is 2.51. The van der Waals surface area contributed by atoms with Crippen LogP contribution in [0.1, 0.15) is 22.3 Å². The third kappa shape index (κ3) is 4.42. The van der Waals surface area contributed by atoms with Crippen molar-refractivity contribution in [1.29, 1.82) is 0 Å². The van der Waals surface area contributed by atoms with Gasteiger partial charge in [-0.2, -0.15) is 0 Å². The molecule has 65 heavy (non-hydrogen) atoms. The van der Waals surface area contributed by atoms with Crippen molar-refractivity contribution in [3.05, 3.63) is 251 Å². The van der Waals surface area contributed by atoms with Gasteiger partial charge in [-0.3, -0.25) is 9.20 Å². The summed E-state index contributed by atoms with van der Waals surface area (Å²) in [7, 11) is 0. The van der Waals surface area contributed by atoms with Crippen LogP contribution in [0.3, 0.4) is 0 Å². The number of pyridine rings is 1. The second kappa shape index (κ2) is 12.6. The SMILES string of the molecule is O=c1c2ccccc2c2cccc3c4cc(-c5ccc6c(c5)C5(c7ccccc7-c7ccc(-c8cccc(-n9c%10ccccc%10c%10ccccc%109)c8)cc75)c5ccccc5-6)ccc4n1c23. The van der Waals surface area contributed by atoms with Crippen molar-refractivity contribution >= 4 is 59.8 Å². The monoisotopic (exact) mass is 824 g/mol. The molecule has 2 aliphatic carbocycles. The van der Waals surface area contributed by atoms with E-state index in [0.29, 0.717) is 0 Å². The molecular formula is C62H36N2O. The van der Waals surface area contributed by atoms with E-state index in [-0.39, 0.29) is 5.56 Å². The average molecular weight is 825 g/mol. The first-order chi connectivity index (χ1) is 32.2. The zero-order valence-corrected chi connectivity index (χ0v) is 35.1. The molecule has 0 bridgehead atoms. The minimum absolute atomic E-state index is 0.0284. The molecule has 3 heteroatoms. The number of para-hydroxylation sites is 3. The quantitative estimate of drug-likeness (QED) is 0.163. The van der Waals surface area contributed by atoms with Gasteiger partial charge >= 0.3 is 0 Å². The van der Waals surface area contributed by atoms with E-state index >= 15 is 0 Å². The summed E-state index contributed by atoms with van der Waals surface area (Å²) in [6.07, 6.45) is 0. The number of aromatic nitrogens is 2. The average Bonchev–Trinajstić information content (AvgIpc) is 4.08. The summed E-state index contributed by atoms with van der Waals surface area (Å²) in [6, 6.07) is 79.9. The first-order valence-electron chi connectivity index (χ1n) is 22.5. The van der Waals surface area contributed by atoms with Crippen LogP contribution in [-0.2, 0) is 5.41 Å². The van der Waals surface area contributed by atoms with Gasteiger partial charge in [0.1, 0.15) is 0 Å². The molecule has 1 atom stereocenters. The van der Waals surface area contributed by atoms with Crippen LogP contribution < -0.4 is 5.56 Å². The summed E-state index contributed by atoms with van der Waals surface area (Å²) < 4.78 is 4.34. The Balaban J connectivity index is 0.942. The zero-order chi connectivity index (χ0) is 42.5. The maximum Gasteiger partial charge on any atom is 0.263 e. The fourth-order valence-electron chi connectivity index (χ4n) is 12.2. The zero-order valence-electron chi connectivity index (χ0n) is 35.1. The fraction of sp³-hybridized carbons (Fsp3) is 0.0161. The van der Waals surface area contributed by atoms with Crippen molar-refractivity contribution < 1.29 is 0 Å². The summed E-state index contributed by atoms with van der Waals surface area (Å²) in [4.78, 5) is 14.1. The van der Waals surface area contributed by atoms with Gasteiger partial charge < -0.3 is 4.57 Å². The maximum absolute atomic E-state index is 14.1. The number of hydrogen-bond acceptors (Lipinski definition) is 1. The normalized spacial score (nSPS) is 14.9. The van der Waals surface area contributed by atoms with Crippen LogP contribution in [0.5, 0.6) is 0 Å². The Kier molecular flexibility index (Phi) is 6.76. The molecule has 1 unspecified atom stereocenters. The van der Waals surface area contributed by atoms with Gasteiger partial charge in [0.05, 0.1) is 27.5 Å². The standard InChI is InChI=1S/C62H36N2O/c65-61-51-20-2-1-15-42(51)49-21-12-22-50-52-34-38(29-32-59(52)64(61)60(49)50)40-28-31-46-44-17-4-8-24-54(44)62(56(46)36-40)53-23-7-3-16-43(53)45-30-27-39(35-55(45)62)37-13-11-14-41(33-37)63-57-25-9-5-18-47(57)48-19-6-10-26-58(48)63/h1-36H. The fourth-order valence-corrected chi connectivity index (χ4v) is 12.2. The Morgan fingerprint density at radius 1 is 0.308 bits per heavy atom. The third-order valence-corrected chi connectivity index (χ3v) is 14.9. The first kappa shape index (κ1) is 35.0. The number of rotatable bonds is 3. The molecule has 13 aromatic rings. The number of nitrogens with zero attached hydrogens (tertiary/aromatic N) is 2. The first-order valence-corrected chi connectivity index (χ1v) is 22.5. The van der Waals surface area contributed by atoms with E-state index in [0.717, 1.165) is 54.8 Å². The van der Waals surface area contributed by atoms with E-state index in [1.807, 2.05) is 22.6 Å². The van der Waals surface area contributed by atoms with E-state index < -0.39 is 5.41 Å². The summed E-state index contributed by atoms with van der Waals surface area (Å²) in [5, 5.41) is 7.55. The van der Waals surface area contributed by atoms with E-state index in [2.05, 4.69) is 205 Å². The van der Waals surface area contributed by atoms with Crippen LogP contribution in [0.15, 0.2) is 223 Å². The molecule has 0 saturated carbocycles. The number of fused-ring (bicyclic) bond motifs is 18. The van der Waals surface area contributed by atoms with Crippen molar-refractivity contribution in [1.82, 2.24) is 8.97 Å². The molecule has 0 amide bonds. The van der Waals surface area contributed by atoms with Crippen molar-refractivity contribution in [3.63, 3.8) is 0 Å². The molecule has 0 N–H and O–H groups in total. The van der Waals surface area contributed by atoms with Crippen LogP contribution >= 0.6 is 0 Å². The van der Waals surface area contributed by atoms with Gasteiger partial charge in [0.25, 0.3) is 5.56 Å². The molecule has 300 valence electrons. The summed E-state index contributed by atoms with van der Waals surface area (Å²) in [5.41, 5.74) is 20.0. The molecule has 0 aliphatic heterocycles. The molecule has 0 saturated heterocycles. The van der Waals surface area contributed by atoms with Crippen LogP contribution in [0, 0.1) is 0 Å². The molecule has 2 aliphatic rings. The maximum atomic E-state index is 14.1. The van der Waals surface area contributed by atoms with E-state index in [1.165, 1.54) is 77.4 Å². The highest BCUT2D eigenvalue weighted by atomic mass is 16.1. The van der Waals surface area contributed by atoms with Gasteiger partial charge in [-0.15, -0.1) is 0 Å². The van der Waals surface area contributed by atoms with Gasteiger partial charge in [-0.05, 0) is 127 Å². The van der Waals surface area contributed by atoms with Crippen molar-refractivity contribution in [2.75, 3.05) is 0 Å². The molecule has 0 radical (unpaired) electrons. The lowest BCUT2D eigenvalue weighted by Crippen LogP contribution is -2.26. The molecule has 15 rings (SSSR count). The van der Waals surface area contributed by atoms with Gasteiger partial charge in [0.2, 0.25) is 0 Å². The number of hydrogen-bond donors (Lipinski definition) is 0. The van der Waals surface area contributed by atoms with Gasteiger partial charge in [-0.1, -0.05) is 164 Å². The predicted molar refractivity (Wildman–Crippen MR) is 269 cm³/mol. The van der Waals surface area contributed by atoms with E-state index in [9.17, 15) is 4.79 Å². The minimum Gasteiger partial charge on any atom is -0.309 e. The molecular weight excluding hydrogens is 789 g/mol. The van der Waals surface area contributed by atoms with Crippen LogP contribution in [0.2, 0.25) is 0 Å². The number of benzene rings is 10. The van der Waals surface area contributed by atoms with Gasteiger partial charge in [-0.25, -0.2) is 0 Å². The van der Waals surface area contributed by atoms with E-state index in [1.54, 1.807) is 0 Å². The van der Waals surface area contributed by atoms with Gasteiger partial charge in [0, 0.05) is 38.0 Å². The topological polar surface area (TPSA) is 26.4 Å². The van der Waals surface area contributed by atoms with Crippen molar-refractivity contribution in [2.45, 2.75) is 5.41 Å². The lowest BCUT2D eigenvalue weighted by Gasteiger charge is -2.31. The molecule has 3 heterocycles. The van der Waals surface area contributed by atoms with Crippen molar-refractivity contribution in [3.8, 4) is 50.2 Å². The minimum atomic E-state index is -0.527. The Bertz CT molecular complexity index is 4220. The lowest BCUT2D eigenvalue weighted by molar-refractivity contribution is 0.794. The van der Waals surface area contributed by atoms with Crippen molar-refractivity contribution in [2.24, 2.45) is 0 Å². The molecule has 0 fully saturated rings. The van der Waals surface area contributed by atoms with Crippen LogP contribution in [0.25, 0.3) is 110 Å². The Labute approximate surface area is 373 Å². The Hall–Kier alpha value is -8.53. The summed E-state index contributed by atoms with van der Waals surface area (Å²) in [6.45, 7) is 0. The highest BCUT2D eigenvalue weighted by molar-refractivity contribution is 6.20. The highest BCUT2D eigenvalue weighted by Crippen LogP contribution is 2.63. The summed E-state index contributed by atoms with van der Waals surface area (Å²) >= 11 is 0. The smallest absolute Gasteiger partial charge is 0.263 e. The second-order valence-corrected chi connectivity index (χ2v) is 17.9. The van der Waals surface area contributed by atoms with Crippen LogP contribution in [-0.4, -0.2) is 8.97 Å². The molecule has 1 spiro atoms. The predicted octanol–water partition coefficient (Wildman–Crippen LogP) is 15.0. The molecule has 3 aromatic heterocycles. The molecule has 3 nitrogen and oxygen atoms in total. The van der Waals surface area contributed by atoms with E-state index in [4.69, 9.17) is 0 Å². The third-order valence-electron chi connectivity index (χ3n) is 14.9. The largest absolute Gasteiger partial charge is 0.309 e. The Morgan fingerprint density at radius 2 is 0.785 bits per heavy atom. The molecule has 10 aromatic carbocycles.